The van der Waals surface area contributed by atoms with Crippen LogP contribution in [0.5, 0.6) is 0 Å². The Morgan fingerprint density at radius 2 is 2.03 bits per heavy atom. The molecule has 1 aliphatic heterocycles. The molecule has 34 heavy (non-hydrogen) atoms. The van der Waals surface area contributed by atoms with Crippen LogP contribution in [-0.2, 0) is 4.74 Å². The molecule has 1 saturated heterocycles. The summed E-state index contributed by atoms with van der Waals surface area (Å²) in [6, 6.07) is 17.6. The van der Waals surface area contributed by atoms with Gasteiger partial charge in [0.15, 0.2) is 5.58 Å². The average molecular weight is 478 g/mol. The van der Waals surface area contributed by atoms with E-state index in [-0.39, 0.29) is 18.2 Å². The monoisotopic (exact) mass is 477 g/mol. The minimum Gasteiger partial charge on any atom is -0.435 e. The first-order valence-corrected chi connectivity index (χ1v) is 11.4. The van der Waals surface area contributed by atoms with Crippen LogP contribution in [-0.4, -0.2) is 53.7 Å². The minimum absolute atomic E-state index is 0.191. The van der Waals surface area contributed by atoms with E-state index in [2.05, 4.69) is 25.5 Å². The first-order chi connectivity index (χ1) is 16.5. The van der Waals surface area contributed by atoms with Crippen molar-refractivity contribution in [2.75, 3.05) is 32.1 Å². The molecule has 0 saturated carbocycles. The number of aromatic nitrogens is 2. The van der Waals surface area contributed by atoms with Crippen molar-refractivity contribution >= 4 is 34.4 Å². The van der Waals surface area contributed by atoms with E-state index in [1.807, 2.05) is 49.5 Å². The fraction of sp³-hybridized carbons (Fsp3) is 0.240. The van der Waals surface area contributed by atoms with Crippen LogP contribution in [0.2, 0.25) is 5.02 Å². The topological polar surface area (TPSA) is 92.5 Å². The molecule has 0 spiro atoms. The zero-order chi connectivity index (χ0) is 23.5. The van der Waals surface area contributed by atoms with E-state index >= 15 is 0 Å². The minimum atomic E-state index is -0.347. The molecule has 174 valence electrons. The number of pyridine rings is 1. The van der Waals surface area contributed by atoms with Gasteiger partial charge < -0.3 is 24.7 Å². The molecule has 1 aliphatic rings. The Kier molecular flexibility index (Phi) is 6.44. The van der Waals surface area contributed by atoms with E-state index in [1.54, 1.807) is 24.4 Å². The summed E-state index contributed by atoms with van der Waals surface area (Å²) in [6.07, 6.45) is 1.50. The number of nitrogens with one attached hydrogen (secondary N) is 2. The third-order valence-electron chi connectivity index (χ3n) is 5.71. The summed E-state index contributed by atoms with van der Waals surface area (Å²) in [5.41, 5.74) is 3.40. The molecular formula is C25H24ClN5O3. The lowest BCUT2D eigenvalue weighted by atomic mass is 10.00. The van der Waals surface area contributed by atoms with Crippen LogP contribution >= 0.6 is 11.6 Å². The van der Waals surface area contributed by atoms with E-state index < -0.39 is 0 Å². The van der Waals surface area contributed by atoms with Crippen molar-refractivity contribution in [2.24, 2.45) is 0 Å². The number of carbonyl (C=O) groups is 1. The molecule has 2 unspecified atom stereocenters. The van der Waals surface area contributed by atoms with E-state index in [0.717, 1.165) is 12.1 Å². The Morgan fingerprint density at radius 1 is 1.18 bits per heavy atom. The Bertz CT molecular complexity index is 1280. The molecule has 2 N–H and O–H groups in total. The van der Waals surface area contributed by atoms with Crippen LogP contribution in [0.1, 0.15) is 11.6 Å². The number of halogens is 1. The van der Waals surface area contributed by atoms with Gasteiger partial charge in [-0.15, -0.1) is 0 Å². The standard InChI is InChI=1S/C25H24ClN5O3/c1-31-12-13-33-22(15-31)23(16-5-7-17(26)8-6-16)30-25(32)28-18-9-10-19-21(14-18)34-24(29-19)20-4-2-3-11-27-20/h2-11,14,22-23H,12-13,15H2,1H3,(H2,28,30,32). The highest BCUT2D eigenvalue weighted by Gasteiger charge is 2.29. The zero-order valence-corrected chi connectivity index (χ0v) is 19.3. The maximum absolute atomic E-state index is 13.0. The number of hydrogen-bond acceptors (Lipinski definition) is 6. The van der Waals surface area contributed by atoms with Gasteiger partial charge in [0.25, 0.3) is 0 Å². The lowest BCUT2D eigenvalue weighted by Gasteiger charge is -2.35. The molecule has 5 rings (SSSR count). The molecule has 4 aromatic rings. The van der Waals surface area contributed by atoms with Crippen LogP contribution in [0.3, 0.4) is 0 Å². The van der Waals surface area contributed by atoms with Gasteiger partial charge in [-0.2, -0.15) is 0 Å². The van der Waals surface area contributed by atoms with Gasteiger partial charge in [-0.3, -0.25) is 4.98 Å². The highest BCUT2D eigenvalue weighted by atomic mass is 35.5. The van der Waals surface area contributed by atoms with Crippen molar-refractivity contribution < 1.29 is 13.9 Å². The maximum Gasteiger partial charge on any atom is 0.319 e. The van der Waals surface area contributed by atoms with Crippen molar-refractivity contribution in [3.05, 3.63) is 77.4 Å². The number of nitrogens with zero attached hydrogens (tertiary/aromatic N) is 3. The number of morpholine rings is 1. The lowest BCUT2D eigenvalue weighted by molar-refractivity contribution is -0.0369. The molecule has 0 radical (unpaired) electrons. The summed E-state index contributed by atoms with van der Waals surface area (Å²) in [4.78, 5) is 23.9. The number of fused-ring (bicyclic) bond motifs is 1. The Hall–Kier alpha value is -3.46. The second kappa shape index (κ2) is 9.80. The van der Waals surface area contributed by atoms with E-state index in [1.165, 1.54) is 0 Å². The zero-order valence-electron chi connectivity index (χ0n) is 18.6. The summed E-state index contributed by atoms with van der Waals surface area (Å²) in [7, 11) is 2.04. The van der Waals surface area contributed by atoms with Gasteiger partial charge in [-0.05, 0) is 49.0 Å². The van der Waals surface area contributed by atoms with Crippen LogP contribution in [0, 0.1) is 0 Å². The normalized spacial score (nSPS) is 17.4. The number of likely N-dealkylation sites (N-methyl/N-ethyl adjacent to an activating group) is 1. The number of anilines is 1. The highest BCUT2D eigenvalue weighted by Crippen LogP contribution is 2.26. The molecule has 2 atom stereocenters. The van der Waals surface area contributed by atoms with Crippen LogP contribution in [0.4, 0.5) is 10.5 Å². The molecule has 9 heteroatoms. The largest absolute Gasteiger partial charge is 0.435 e. The Labute approximate surface area is 201 Å². The smallest absolute Gasteiger partial charge is 0.319 e. The van der Waals surface area contributed by atoms with Crippen LogP contribution < -0.4 is 10.6 Å². The van der Waals surface area contributed by atoms with Gasteiger partial charge in [-0.25, -0.2) is 9.78 Å². The number of benzene rings is 2. The highest BCUT2D eigenvalue weighted by molar-refractivity contribution is 6.30. The second-order valence-corrected chi connectivity index (χ2v) is 8.65. The van der Waals surface area contributed by atoms with Gasteiger partial charge in [-0.1, -0.05) is 29.8 Å². The average Bonchev–Trinajstić information content (AvgIpc) is 3.27. The summed E-state index contributed by atoms with van der Waals surface area (Å²) in [5.74, 6) is 0.429. The van der Waals surface area contributed by atoms with Gasteiger partial charge in [0, 0.05) is 36.1 Å². The SMILES string of the molecule is CN1CCOC(C(NC(=O)Nc2ccc3nc(-c4ccccn4)oc3c2)c2ccc(Cl)cc2)C1. The summed E-state index contributed by atoms with van der Waals surface area (Å²) < 4.78 is 11.9. The fourth-order valence-corrected chi connectivity index (χ4v) is 4.11. The number of ether oxygens (including phenoxy) is 1. The van der Waals surface area contributed by atoms with Crippen LogP contribution in [0.15, 0.2) is 71.3 Å². The first-order valence-electron chi connectivity index (χ1n) is 11.0. The predicted octanol–water partition coefficient (Wildman–Crippen LogP) is 4.74. The van der Waals surface area contributed by atoms with Gasteiger partial charge in [0.05, 0.1) is 18.8 Å². The molecule has 8 nitrogen and oxygen atoms in total. The van der Waals surface area contributed by atoms with Gasteiger partial charge in [0.2, 0.25) is 5.89 Å². The van der Waals surface area contributed by atoms with E-state index in [9.17, 15) is 4.79 Å². The molecule has 0 aliphatic carbocycles. The number of urea groups is 1. The first kappa shape index (κ1) is 22.3. The molecule has 2 aromatic heterocycles. The Morgan fingerprint density at radius 3 is 2.79 bits per heavy atom. The van der Waals surface area contributed by atoms with Crippen molar-refractivity contribution in [3.8, 4) is 11.6 Å². The number of amides is 2. The molecule has 2 amide bonds. The number of carbonyl (C=O) groups excluding carboxylic acids is 1. The van der Waals surface area contributed by atoms with Crippen molar-refractivity contribution in [3.63, 3.8) is 0 Å². The third kappa shape index (κ3) is 5.04. The quantitative estimate of drug-likeness (QED) is 0.431. The van der Waals surface area contributed by atoms with Crippen molar-refractivity contribution in [1.29, 1.82) is 0 Å². The van der Waals surface area contributed by atoms with E-state index in [4.69, 9.17) is 20.8 Å². The maximum atomic E-state index is 13.0. The molecule has 3 heterocycles. The number of hydrogen-bond donors (Lipinski definition) is 2. The molecule has 1 fully saturated rings. The lowest BCUT2D eigenvalue weighted by Crippen LogP contribution is -2.48. The van der Waals surface area contributed by atoms with Gasteiger partial charge >= 0.3 is 6.03 Å². The predicted molar refractivity (Wildman–Crippen MR) is 131 cm³/mol. The molecule has 2 aromatic carbocycles. The Balaban J connectivity index is 1.33. The number of oxazole rings is 1. The summed E-state index contributed by atoms with van der Waals surface area (Å²) in [6.45, 7) is 2.16. The van der Waals surface area contributed by atoms with Crippen molar-refractivity contribution in [2.45, 2.75) is 12.1 Å². The molecule has 0 bridgehead atoms. The number of rotatable bonds is 5. The van der Waals surface area contributed by atoms with Crippen LogP contribution in [0.25, 0.3) is 22.7 Å². The fourth-order valence-electron chi connectivity index (χ4n) is 3.98. The second-order valence-electron chi connectivity index (χ2n) is 8.22. The van der Waals surface area contributed by atoms with E-state index in [0.29, 0.717) is 46.5 Å². The van der Waals surface area contributed by atoms with Gasteiger partial charge in [0.1, 0.15) is 11.2 Å². The van der Waals surface area contributed by atoms with Crippen molar-refractivity contribution in [1.82, 2.24) is 20.2 Å². The molecular weight excluding hydrogens is 454 g/mol. The summed E-state index contributed by atoms with van der Waals surface area (Å²) in [5, 5.41) is 6.60. The summed E-state index contributed by atoms with van der Waals surface area (Å²) >= 11 is 6.07. The third-order valence-corrected chi connectivity index (χ3v) is 5.97.